The van der Waals surface area contributed by atoms with Crippen LogP contribution >= 0.6 is 35.3 Å². The first kappa shape index (κ1) is 21.7. The van der Waals surface area contributed by atoms with Crippen molar-refractivity contribution >= 4 is 41.3 Å². The van der Waals surface area contributed by atoms with Gasteiger partial charge in [-0.2, -0.15) is 0 Å². The Morgan fingerprint density at radius 3 is 2.67 bits per heavy atom. The van der Waals surface area contributed by atoms with E-state index in [0.29, 0.717) is 5.92 Å². The van der Waals surface area contributed by atoms with Crippen molar-refractivity contribution in [2.24, 2.45) is 10.9 Å². The van der Waals surface area contributed by atoms with E-state index < -0.39 is 0 Å². The molecule has 7 heteroatoms. The summed E-state index contributed by atoms with van der Waals surface area (Å²) in [6, 6.07) is 4.21. The van der Waals surface area contributed by atoms with Crippen LogP contribution in [-0.2, 0) is 6.54 Å². The number of hydrogen-bond donors (Lipinski definition) is 2. The lowest BCUT2D eigenvalue weighted by molar-refractivity contribution is 0.139. The molecule has 0 bridgehead atoms. The van der Waals surface area contributed by atoms with Gasteiger partial charge in [0.2, 0.25) is 0 Å². The molecule has 138 valence electrons. The molecular formula is C17H32IN5S. The molecule has 24 heavy (non-hydrogen) atoms. The van der Waals surface area contributed by atoms with Crippen molar-refractivity contribution in [2.45, 2.75) is 20.4 Å². The fraction of sp³-hybridized carbons (Fsp3) is 0.706. The molecule has 1 unspecified atom stereocenters. The smallest absolute Gasteiger partial charge is 0.191 e. The molecule has 1 atom stereocenters. The maximum absolute atomic E-state index is 4.67. The Morgan fingerprint density at radius 2 is 2.04 bits per heavy atom. The van der Waals surface area contributed by atoms with Crippen LogP contribution in [0.25, 0.3) is 0 Å². The number of nitrogens with one attached hydrogen (secondary N) is 2. The van der Waals surface area contributed by atoms with Crippen molar-refractivity contribution in [2.75, 3.05) is 52.9 Å². The van der Waals surface area contributed by atoms with Crippen LogP contribution in [0.2, 0.25) is 0 Å². The van der Waals surface area contributed by atoms with Crippen molar-refractivity contribution < 1.29 is 0 Å². The van der Waals surface area contributed by atoms with Crippen LogP contribution in [0, 0.1) is 5.92 Å². The van der Waals surface area contributed by atoms with E-state index in [2.05, 4.69) is 63.8 Å². The van der Waals surface area contributed by atoms with Crippen LogP contribution < -0.4 is 10.6 Å². The molecule has 1 aliphatic rings. The Hall–Kier alpha value is -0.380. The number of thiophene rings is 1. The van der Waals surface area contributed by atoms with E-state index in [1.165, 1.54) is 31.1 Å². The maximum atomic E-state index is 4.67. The first-order valence-corrected chi connectivity index (χ1v) is 9.50. The molecule has 2 heterocycles. The molecule has 2 N–H and O–H groups in total. The highest BCUT2D eigenvalue weighted by molar-refractivity contribution is 14.0. The number of guanidine groups is 1. The second-order valence-electron chi connectivity index (χ2n) is 6.36. The van der Waals surface area contributed by atoms with Gasteiger partial charge in [-0.05, 0) is 31.3 Å². The number of likely N-dealkylation sites (N-methyl/N-ethyl adjacent to an activating group) is 1. The van der Waals surface area contributed by atoms with Crippen molar-refractivity contribution in [3.63, 3.8) is 0 Å². The van der Waals surface area contributed by atoms with Crippen LogP contribution in [0.1, 0.15) is 18.7 Å². The number of aliphatic imine (C=N–C) groups is 1. The first-order chi connectivity index (χ1) is 11.2. The number of halogens is 1. The van der Waals surface area contributed by atoms with E-state index in [-0.39, 0.29) is 24.0 Å². The molecule has 0 saturated carbocycles. The van der Waals surface area contributed by atoms with Crippen molar-refractivity contribution in [3.8, 4) is 0 Å². The minimum absolute atomic E-state index is 0. The van der Waals surface area contributed by atoms with E-state index in [9.17, 15) is 0 Å². The fourth-order valence-corrected chi connectivity index (χ4v) is 3.34. The van der Waals surface area contributed by atoms with Crippen molar-refractivity contribution in [1.82, 2.24) is 20.4 Å². The summed E-state index contributed by atoms with van der Waals surface area (Å²) in [7, 11) is 2.20. The number of rotatable bonds is 7. The van der Waals surface area contributed by atoms with Gasteiger partial charge in [0.15, 0.2) is 5.96 Å². The topological polar surface area (TPSA) is 42.9 Å². The van der Waals surface area contributed by atoms with Gasteiger partial charge in [0, 0.05) is 50.7 Å². The number of piperazine rings is 1. The minimum Gasteiger partial charge on any atom is -0.357 e. The molecule has 5 nitrogen and oxygen atoms in total. The lowest BCUT2D eigenvalue weighted by Crippen LogP contribution is -2.47. The third kappa shape index (κ3) is 8.13. The van der Waals surface area contributed by atoms with Crippen LogP contribution in [0.3, 0.4) is 0 Å². The highest BCUT2D eigenvalue weighted by Gasteiger charge is 2.16. The first-order valence-electron chi connectivity index (χ1n) is 8.62. The predicted molar refractivity (Wildman–Crippen MR) is 116 cm³/mol. The van der Waals surface area contributed by atoms with Crippen LogP contribution in [0.15, 0.2) is 22.5 Å². The molecule has 1 saturated heterocycles. The highest BCUT2D eigenvalue weighted by Crippen LogP contribution is 2.09. The molecule has 0 amide bonds. The molecule has 1 aliphatic heterocycles. The lowest BCUT2D eigenvalue weighted by atomic mass is 10.1. The van der Waals surface area contributed by atoms with Crippen LogP contribution in [0.5, 0.6) is 0 Å². The van der Waals surface area contributed by atoms with Gasteiger partial charge >= 0.3 is 0 Å². The summed E-state index contributed by atoms with van der Waals surface area (Å²) in [5, 5.41) is 8.92. The Bertz CT molecular complexity index is 458. The zero-order valence-electron chi connectivity index (χ0n) is 15.1. The maximum Gasteiger partial charge on any atom is 0.191 e. The molecule has 1 aromatic heterocycles. The molecule has 0 spiro atoms. The predicted octanol–water partition coefficient (Wildman–Crippen LogP) is 2.30. The molecule has 0 aromatic carbocycles. The largest absolute Gasteiger partial charge is 0.357 e. The van der Waals surface area contributed by atoms with Gasteiger partial charge in [0.1, 0.15) is 0 Å². The Kier molecular flexibility index (Phi) is 10.9. The molecular weight excluding hydrogens is 433 g/mol. The number of nitrogens with zero attached hydrogens (tertiary/aromatic N) is 3. The summed E-state index contributed by atoms with van der Waals surface area (Å²) in [6.45, 7) is 12.9. The van der Waals surface area contributed by atoms with Crippen molar-refractivity contribution in [1.29, 1.82) is 0 Å². The van der Waals surface area contributed by atoms with Crippen molar-refractivity contribution in [3.05, 3.63) is 22.4 Å². The van der Waals surface area contributed by atoms with E-state index in [1.54, 1.807) is 11.3 Å². The summed E-state index contributed by atoms with van der Waals surface area (Å²) in [5.74, 6) is 1.54. The third-order valence-electron chi connectivity index (χ3n) is 4.10. The van der Waals surface area contributed by atoms with Crippen LogP contribution in [-0.4, -0.2) is 68.6 Å². The molecule has 1 aromatic rings. The summed E-state index contributed by atoms with van der Waals surface area (Å²) >= 11 is 1.76. The SMILES string of the molecule is CCNC(=NCc1cccs1)NCC(C)CN1CCN(C)CC1.I. The summed E-state index contributed by atoms with van der Waals surface area (Å²) in [5.41, 5.74) is 0. The molecule has 2 rings (SSSR count). The van der Waals surface area contributed by atoms with Gasteiger partial charge in [-0.3, -0.25) is 0 Å². The second kappa shape index (κ2) is 12.1. The lowest BCUT2D eigenvalue weighted by Gasteiger charge is -2.34. The zero-order chi connectivity index (χ0) is 16.5. The van der Waals surface area contributed by atoms with E-state index >= 15 is 0 Å². The molecule has 0 aliphatic carbocycles. The Balaban J connectivity index is 0.00000288. The summed E-state index contributed by atoms with van der Waals surface area (Å²) in [6.07, 6.45) is 0. The minimum atomic E-state index is 0. The van der Waals surface area contributed by atoms with Gasteiger partial charge < -0.3 is 20.4 Å². The normalized spacial score (nSPS) is 18.0. The summed E-state index contributed by atoms with van der Waals surface area (Å²) < 4.78 is 0. The second-order valence-corrected chi connectivity index (χ2v) is 7.40. The standard InChI is InChI=1S/C17H31N5S.HI/c1-4-18-17(20-13-16-6-5-11-23-16)19-12-15(2)14-22-9-7-21(3)8-10-22;/h5-6,11,15H,4,7-10,12-14H2,1-3H3,(H2,18,19,20);1H. The average molecular weight is 465 g/mol. The van der Waals surface area contributed by atoms with Crippen LogP contribution in [0.4, 0.5) is 0 Å². The van der Waals surface area contributed by atoms with Gasteiger partial charge in [-0.25, -0.2) is 4.99 Å². The van der Waals surface area contributed by atoms with Gasteiger partial charge in [0.25, 0.3) is 0 Å². The average Bonchev–Trinajstić information content (AvgIpc) is 3.06. The van der Waals surface area contributed by atoms with Gasteiger partial charge in [-0.1, -0.05) is 13.0 Å². The highest BCUT2D eigenvalue weighted by atomic mass is 127. The third-order valence-corrected chi connectivity index (χ3v) is 4.96. The van der Waals surface area contributed by atoms with Gasteiger partial charge in [0.05, 0.1) is 6.54 Å². The number of hydrogen-bond acceptors (Lipinski definition) is 4. The van der Waals surface area contributed by atoms with E-state index in [0.717, 1.165) is 32.1 Å². The fourth-order valence-electron chi connectivity index (χ4n) is 2.71. The van der Waals surface area contributed by atoms with E-state index in [1.807, 2.05) is 0 Å². The Morgan fingerprint density at radius 1 is 1.29 bits per heavy atom. The molecule has 1 fully saturated rings. The monoisotopic (exact) mass is 465 g/mol. The summed E-state index contributed by atoms with van der Waals surface area (Å²) in [4.78, 5) is 10.9. The van der Waals surface area contributed by atoms with Gasteiger partial charge in [-0.15, -0.1) is 35.3 Å². The zero-order valence-corrected chi connectivity index (χ0v) is 18.3. The molecule has 0 radical (unpaired) electrons. The quantitative estimate of drug-likeness (QED) is 0.369. The Labute approximate surface area is 167 Å². The van der Waals surface area contributed by atoms with E-state index in [4.69, 9.17) is 0 Å².